The summed E-state index contributed by atoms with van der Waals surface area (Å²) in [5.74, 6) is 0. The predicted molar refractivity (Wildman–Crippen MR) is 81.0 cm³/mol. The van der Waals surface area contributed by atoms with Crippen LogP contribution in [0.1, 0.15) is 50.1 Å². The van der Waals surface area contributed by atoms with Crippen molar-refractivity contribution in [2.24, 2.45) is 0 Å². The van der Waals surface area contributed by atoms with Gasteiger partial charge in [0.1, 0.15) is 0 Å². The van der Waals surface area contributed by atoms with Gasteiger partial charge in [-0.15, -0.1) is 0 Å². The molecule has 3 rings (SSSR count). The summed E-state index contributed by atoms with van der Waals surface area (Å²) >= 11 is 0. The number of fused-ring (bicyclic) bond motifs is 3. The number of pyridine rings is 1. The fraction of sp³-hybridized carbons (Fsp3) is 0.389. The van der Waals surface area contributed by atoms with Gasteiger partial charge in [-0.25, -0.2) is 0 Å². The molecule has 1 aromatic rings. The number of hydrogen-bond donors (Lipinski definition) is 0. The van der Waals surface area contributed by atoms with Gasteiger partial charge >= 0.3 is 0 Å². The van der Waals surface area contributed by atoms with Gasteiger partial charge in [-0.3, -0.25) is 4.98 Å². The SMILES string of the molecule is CC1=CC=C2CCc3ccc(C)nc3C2=C(C)CC1. The van der Waals surface area contributed by atoms with E-state index in [1.54, 1.807) is 0 Å². The highest BCUT2D eigenvalue weighted by Gasteiger charge is 2.22. The molecule has 1 heterocycles. The molecular weight excluding hydrogens is 230 g/mol. The number of rotatable bonds is 0. The number of allylic oxidation sites excluding steroid dienone is 6. The lowest BCUT2D eigenvalue weighted by atomic mass is 9.82. The van der Waals surface area contributed by atoms with Gasteiger partial charge in [-0.1, -0.05) is 29.4 Å². The lowest BCUT2D eigenvalue weighted by Gasteiger charge is -2.25. The Morgan fingerprint density at radius 1 is 0.895 bits per heavy atom. The number of aromatic nitrogens is 1. The van der Waals surface area contributed by atoms with Crippen molar-refractivity contribution in [3.63, 3.8) is 0 Å². The third-order valence-electron chi connectivity index (χ3n) is 4.23. The van der Waals surface area contributed by atoms with Crippen molar-refractivity contribution in [3.8, 4) is 0 Å². The first kappa shape index (κ1) is 12.4. The first-order valence-electron chi connectivity index (χ1n) is 7.18. The molecule has 0 unspecified atom stereocenters. The molecule has 0 aromatic carbocycles. The molecule has 0 fully saturated rings. The van der Waals surface area contributed by atoms with Gasteiger partial charge in [0.2, 0.25) is 0 Å². The number of aryl methyl sites for hydroxylation is 2. The Kier molecular flexibility index (Phi) is 3.14. The zero-order valence-corrected chi connectivity index (χ0v) is 12.1. The molecule has 1 aromatic heterocycles. The van der Waals surface area contributed by atoms with E-state index in [4.69, 9.17) is 4.98 Å². The second-order valence-corrected chi connectivity index (χ2v) is 5.82. The fourth-order valence-electron chi connectivity index (χ4n) is 3.03. The molecular formula is C18H21N. The summed E-state index contributed by atoms with van der Waals surface area (Å²) in [6.07, 6.45) is 9.21. The maximum Gasteiger partial charge on any atom is 0.0739 e. The average Bonchev–Trinajstić information content (AvgIpc) is 2.40. The van der Waals surface area contributed by atoms with Gasteiger partial charge in [-0.05, 0) is 63.7 Å². The predicted octanol–water partition coefficient (Wildman–Crippen LogP) is 4.78. The highest BCUT2D eigenvalue weighted by atomic mass is 14.7. The third-order valence-corrected chi connectivity index (χ3v) is 4.23. The molecule has 0 saturated carbocycles. The van der Waals surface area contributed by atoms with Crippen molar-refractivity contribution in [2.45, 2.75) is 46.5 Å². The van der Waals surface area contributed by atoms with E-state index in [0.717, 1.165) is 25.0 Å². The minimum atomic E-state index is 1.12. The Balaban J connectivity index is 2.20. The molecule has 2 aliphatic carbocycles. The molecule has 0 bridgehead atoms. The average molecular weight is 251 g/mol. The molecule has 0 radical (unpaired) electrons. The van der Waals surface area contributed by atoms with E-state index in [1.807, 2.05) is 0 Å². The summed E-state index contributed by atoms with van der Waals surface area (Å²) in [6.45, 7) is 6.59. The minimum Gasteiger partial charge on any atom is -0.253 e. The second kappa shape index (κ2) is 4.80. The van der Waals surface area contributed by atoms with Crippen molar-refractivity contribution in [3.05, 3.63) is 58.0 Å². The van der Waals surface area contributed by atoms with Crippen LogP contribution in [0.5, 0.6) is 0 Å². The maximum absolute atomic E-state index is 4.82. The lowest BCUT2D eigenvalue weighted by Crippen LogP contribution is -2.10. The van der Waals surface area contributed by atoms with E-state index in [2.05, 4.69) is 45.1 Å². The Morgan fingerprint density at radius 3 is 2.58 bits per heavy atom. The van der Waals surface area contributed by atoms with Crippen LogP contribution in [0, 0.1) is 6.92 Å². The molecule has 0 atom stereocenters. The Hall–Kier alpha value is -1.63. The van der Waals surface area contributed by atoms with Crippen molar-refractivity contribution in [1.82, 2.24) is 4.98 Å². The van der Waals surface area contributed by atoms with E-state index >= 15 is 0 Å². The van der Waals surface area contributed by atoms with E-state index in [-0.39, 0.29) is 0 Å². The number of hydrogen-bond acceptors (Lipinski definition) is 1. The monoisotopic (exact) mass is 251 g/mol. The second-order valence-electron chi connectivity index (χ2n) is 5.82. The summed E-state index contributed by atoms with van der Waals surface area (Å²) < 4.78 is 0. The van der Waals surface area contributed by atoms with Crippen LogP contribution in [0.2, 0.25) is 0 Å². The molecule has 0 aliphatic heterocycles. The molecule has 2 aliphatic rings. The lowest BCUT2D eigenvalue weighted by molar-refractivity contribution is 0.876. The Labute approximate surface area is 115 Å². The van der Waals surface area contributed by atoms with Crippen LogP contribution in [0.15, 0.2) is 41.0 Å². The number of nitrogens with zero attached hydrogens (tertiary/aromatic N) is 1. The highest BCUT2D eigenvalue weighted by molar-refractivity contribution is 5.83. The van der Waals surface area contributed by atoms with Gasteiger partial charge in [-0.2, -0.15) is 0 Å². The summed E-state index contributed by atoms with van der Waals surface area (Å²) in [5, 5.41) is 0. The quantitative estimate of drug-likeness (QED) is 0.647. The van der Waals surface area contributed by atoms with Gasteiger partial charge < -0.3 is 0 Å². The normalized spacial score (nSPS) is 18.9. The van der Waals surface area contributed by atoms with Crippen molar-refractivity contribution >= 4 is 5.57 Å². The van der Waals surface area contributed by atoms with E-state index in [0.29, 0.717) is 0 Å². The molecule has 0 N–H and O–H groups in total. The van der Waals surface area contributed by atoms with Gasteiger partial charge in [0.05, 0.1) is 5.69 Å². The maximum atomic E-state index is 4.82. The van der Waals surface area contributed by atoms with Crippen molar-refractivity contribution in [1.29, 1.82) is 0 Å². The molecule has 0 amide bonds. The van der Waals surface area contributed by atoms with Crippen LogP contribution in [-0.4, -0.2) is 4.98 Å². The molecule has 98 valence electrons. The highest BCUT2D eigenvalue weighted by Crippen LogP contribution is 2.38. The minimum absolute atomic E-state index is 1.12. The summed E-state index contributed by atoms with van der Waals surface area (Å²) in [6, 6.07) is 4.39. The summed E-state index contributed by atoms with van der Waals surface area (Å²) in [5.41, 5.74) is 9.65. The van der Waals surface area contributed by atoms with Gasteiger partial charge in [0.25, 0.3) is 0 Å². The molecule has 0 saturated heterocycles. The first-order chi connectivity index (χ1) is 9.15. The van der Waals surface area contributed by atoms with Crippen LogP contribution >= 0.6 is 0 Å². The summed E-state index contributed by atoms with van der Waals surface area (Å²) in [7, 11) is 0. The molecule has 19 heavy (non-hydrogen) atoms. The van der Waals surface area contributed by atoms with E-state index < -0.39 is 0 Å². The standard InChI is InChI=1S/C18H21N/c1-12-4-6-13(2)17-15(8-5-12)10-11-16-9-7-14(3)19-18(16)17/h5,7-9H,4,6,10-11H2,1-3H3. The Bertz CT molecular complexity index is 615. The van der Waals surface area contributed by atoms with Crippen molar-refractivity contribution < 1.29 is 0 Å². The van der Waals surface area contributed by atoms with Gasteiger partial charge in [0.15, 0.2) is 0 Å². The van der Waals surface area contributed by atoms with Crippen LogP contribution in [0.25, 0.3) is 5.57 Å². The van der Waals surface area contributed by atoms with Crippen LogP contribution in [0.3, 0.4) is 0 Å². The van der Waals surface area contributed by atoms with E-state index in [9.17, 15) is 0 Å². The summed E-state index contributed by atoms with van der Waals surface area (Å²) in [4.78, 5) is 4.82. The van der Waals surface area contributed by atoms with Crippen LogP contribution < -0.4 is 0 Å². The largest absolute Gasteiger partial charge is 0.253 e. The molecule has 0 spiro atoms. The zero-order chi connectivity index (χ0) is 13.4. The molecule has 1 nitrogen and oxygen atoms in total. The Morgan fingerprint density at radius 2 is 1.74 bits per heavy atom. The van der Waals surface area contributed by atoms with Crippen molar-refractivity contribution in [2.75, 3.05) is 0 Å². The van der Waals surface area contributed by atoms with Crippen LogP contribution in [-0.2, 0) is 6.42 Å². The van der Waals surface area contributed by atoms with Gasteiger partial charge in [0, 0.05) is 11.3 Å². The third kappa shape index (κ3) is 2.30. The first-order valence-corrected chi connectivity index (χ1v) is 7.18. The topological polar surface area (TPSA) is 12.9 Å². The fourth-order valence-corrected chi connectivity index (χ4v) is 3.03. The zero-order valence-electron chi connectivity index (χ0n) is 12.1. The molecule has 1 heteroatoms. The smallest absolute Gasteiger partial charge is 0.0739 e. The van der Waals surface area contributed by atoms with E-state index in [1.165, 1.54) is 40.0 Å². The van der Waals surface area contributed by atoms with Crippen LogP contribution in [0.4, 0.5) is 0 Å².